The van der Waals surface area contributed by atoms with Crippen molar-refractivity contribution < 1.29 is 9.47 Å². The summed E-state index contributed by atoms with van der Waals surface area (Å²) in [4.78, 5) is 6.09. The van der Waals surface area contributed by atoms with Gasteiger partial charge in [-0.3, -0.25) is 0 Å². The molecule has 0 unspecified atom stereocenters. The zero-order valence-corrected chi connectivity index (χ0v) is 15.9. The lowest BCUT2D eigenvalue weighted by Crippen LogP contribution is -2.03. The van der Waals surface area contributed by atoms with Crippen LogP contribution in [-0.2, 0) is 6.42 Å². The number of thiazole rings is 1. The lowest BCUT2D eigenvalue weighted by atomic mass is 10.1. The van der Waals surface area contributed by atoms with Gasteiger partial charge in [0.05, 0.1) is 19.4 Å². The molecule has 0 aliphatic rings. The lowest BCUT2D eigenvalue weighted by Gasteiger charge is -2.09. The highest BCUT2D eigenvalue weighted by atomic mass is 32.1. The number of para-hydroxylation sites is 2. The average molecular weight is 353 g/mol. The van der Waals surface area contributed by atoms with Crippen LogP contribution < -0.4 is 9.47 Å². The van der Waals surface area contributed by atoms with Gasteiger partial charge in [-0.15, -0.1) is 11.3 Å². The number of hydrogen-bond donors (Lipinski definition) is 0. The van der Waals surface area contributed by atoms with E-state index < -0.39 is 0 Å². The molecular formula is C21H23NO2S. The summed E-state index contributed by atoms with van der Waals surface area (Å²) >= 11 is 1.75. The number of aromatic nitrogens is 1. The SMILES string of the molecule is COc1ccccc1OCCc1nc(-c2cc(C)cc(C)c2)sc1C. The summed E-state index contributed by atoms with van der Waals surface area (Å²) < 4.78 is 11.2. The number of rotatable bonds is 6. The highest BCUT2D eigenvalue weighted by Gasteiger charge is 2.11. The zero-order chi connectivity index (χ0) is 17.8. The van der Waals surface area contributed by atoms with Gasteiger partial charge < -0.3 is 9.47 Å². The van der Waals surface area contributed by atoms with Gasteiger partial charge in [-0.1, -0.05) is 29.3 Å². The maximum Gasteiger partial charge on any atom is 0.161 e. The number of benzene rings is 2. The molecule has 0 radical (unpaired) electrons. The minimum atomic E-state index is 0.581. The Labute approximate surface area is 153 Å². The molecule has 0 N–H and O–H groups in total. The quantitative estimate of drug-likeness (QED) is 0.597. The second kappa shape index (κ2) is 7.70. The molecule has 0 aliphatic carbocycles. The summed E-state index contributed by atoms with van der Waals surface area (Å²) in [5, 5.41) is 1.08. The Morgan fingerprint density at radius 3 is 2.32 bits per heavy atom. The highest BCUT2D eigenvalue weighted by Crippen LogP contribution is 2.30. The molecule has 0 atom stereocenters. The van der Waals surface area contributed by atoms with Crippen molar-refractivity contribution in [1.82, 2.24) is 4.98 Å². The third-order valence-corrected chi connectivity index (χ3v) is 5.09. The van der Waals surface area contributed by atoms with Gasteiger partial charge in [0, 0.05) is 16.9 Å². The van der Waals surface area contributed by atoms with Crippen LogP contribution in [0.3, 0.4) is 0 Å². The third-order valence-electron chi connectivity index (χ3n) is 4.03. The predicted octanol–water partition coefficient (Wildman–Crippen LogP) is 5.37. The maximum absolute atomic E-state index is 5.88. The summed E-state index contributed by atoms with van der Waals surface area (Å²) in [6, 6.07) is 14.3. The average Bonchev–Trinajstić information content (AvgIpc) is 2.95. The lowest BCUT2D eigenvalue weighted by molar-refractivity contribution is 0.296. The van der Waals surface area contributed by atoms with Crippen molar-refractivity contribution in [3.05, 3.63) is 64.2 Å². The van der Waals surface area contributed by atoms with Crippen molar-refractivity contribution >= 4 is 11.3 Å². The van der Waals surface area contributed by atoms with E-state index in [-0.39, 0.29) is 0 Å². The molecule has 1 aromatic heterocycles. The second-order valence-corrected chi connectivity index (χ2v) is 7.35. The molecule has 0 bridgehead atoms. The normalized spacial score (nSPS) is 10.7. The zero-order valence-electron chi connectivity index (χ0n) is 15.1. The van der Waals surface area contributed by atoms with E-state index >= 15 is 0 Å². The first-order chi connectivity index (χ1) is 12.1. The molecule has 3 rings (SSSR count). The highest BCUT2D eigenvalue weighted by molar-refractivity contribution is 7.15. The second-order valence-electron chi connectivity index (χ2n) is 6.15. The van der Waals surface area contributed by atoms with Crippen molar-refractivity contribution in [3.63, 3.8) is 0 Å². The Bertz CT molecular complexity index is 850. The van der Waals surface area contributed by atoms with Crippen molar-refractivity contribution in [2.24, 2.45) is 0 Å². The topological polar surface area (TPSA) is 31.4 Å². The van der Waals surface area contributed by atoms with E-state index in [1.807, 2.05) is 24.3 Å². The number of aryl methyl sites for hydroxylation is 3. The molecule has 0 aliphatic heterocycles. The molecule has 0 spiro atoms. The Balaban J connectivity index is 1.71. The molecule has 2 aromatic carbocycles. The molecule has 4 heteroatoms. The van der Waals surface area contributed by atoms with Gasteiger partial charge in [0.2, 0.25) is 0 Å². The van der Waals surface area contributed by atoms with Crippen LogP contribution in [0.5, 0.6) is 11.5 Å². The molecule has 0 saturated heterocycles. The summed E-state index contributed by atoms with van der Waals surface area (Å²) in [5.41, 5.74) is 4.84. The largest absolute Gasteiger partial charge is 0.493 e. The van der Waals surface area contributed by atoms with Crippen LogP contribution in [0.2, 0.25) is 0 Å². The van der Waals surface area contributed by atoms with Gasteiger partial charge in [0.1, 0.15) is 5.01 Å². The summed E-state index contributed by atoms with van der Waals surface area (Å²) in [7, 11) is 1.66. The van der Waals surface area contributed by atoms with E-state index in [1.165, 1.54) is 21.6 Å². The van der Waals surface area contributed by atoms with Crippen LogP contribution in [-0.4, -0.2) is 18.7 Å². The van der Waals surface area contributed by atoms with E-state index in [2.05, 4.69) is 39.0 Å². The van der Waals surface area contributed by atoms with Crippen molar-refractivity contribution in [1.29, 1.82) is 0 Å². The summed E-state index contributed by atoms with van der Waals surface area (Å²) in [6.07, 6.45) is 0.783. The fraction of sp³-hybridized carbons (Fsp3) is 0.286. The molecule has 0 fully saturated rings. The van der Waals surface area contributed by atoms with E-state index in [0.717, 1.165) is 28.6 Å². The standard InChI is InChI=1S/C21H23NO2S/c1-14-11-15(2)13-17(12-14)21-22-18(16(3)25-21)9-10-24-20-8-6-5-7-19(20)23-4/h5-8,11-13H,9-10H2,1-4H3. The van der Waals surface area contributed by atoms with Gasteiger partial charge in [-0.2, -0.15) is 0 Å². The van der Waals surface area contributed by atoms with Gasteiger partial charge in [-0.25, -0.2) is 4.98 Å². The van der Waals surface area contributed by atoms with Crippen LogP contribution in [0.15, 0.2) is 42.5 Å². The Hall–Kier alpha value is -2.33. The number of ether oxygens (including phenoxy) is 2. The molecular weight excluding hydrogens is 330 g/mol. The Kier molecular flexibility index (Phi) is 5.39. The molecule has 0 saturated carbocycles. The first kappa shape index (κ1) is 17.5. The van der Waals surface area contributed by atoms with Crippen LogP contribution in [0.1, 0.15) is 21.7 Å². The summed E-state index contributed by atoms with van der Waals surface area (Å²) in [5.74, 6) is 1.53. The van der Waals surface area contributed by atoms with E-state index in [0.29, 0.717) is 6.61 Å². The van der Waals surface area contributed by atoms with Crippen molar-refractivity contribution in [3.8, 4) is 22.1 Å². The molecule has 3 aromatic rings. The Morgan fingerprint density at radius 2 is 1.64 bits per heavy atom. The van der Waals surface area contributed by atoms with Crippen LogP contribution in [0.25, 0.3) is 10.6 Å². The number of hydrogen-bond acceptors (Lipinski definition) is 4. The minimum Gasteiger partial charge on any atom is -0.493 e. The van der Waals surface area contributed by atoms with Gasteiger partial charge in [0.15, 0.2) is 11.5 Å². The maximum atomic E-state index is 5.88. The van der Waals surface area contributed by atoms with Crippen LogP contribution in [0, 0.1) is 20.8 Å². The molecule has 25 heavy (non-hydrogen) atoms. The first-order valence-electron chi connectivity index (χ1n) is 8.37. The molecule has 0 amide bonds. The van der Waals surface area contributed by atoms with Gasteiger partial charge >= 0.3 is 0 Å². The molecule has 1 heterocycles. The van der Waals surface area contributed by atoms with Crippen molar-refractivity contribution in [2.75, 3.05) is 13.7 Å². The van der Waals surface area contributed by atoms with Crippen LogP contribution >= 0.6 is 11.3 Å². The monoisotopic (exact) mass is 353 g/mol. The van der Waals surface area contributed by atoms with E-state index in [4.69, 9.17) is 14.5 Å². The van der Waals surface area contributed by atoms with Crippen LogP contribution in [0.4, 0.5) is 0 Å². The third kappa shape index (κ3) is 4.20. The fourth-order valence-corrected chi connectivity index (χ4v) is 3.82. The minimum absolute atomic E-state index is 0.581. The molecule has 130 valence electrons. The van der Waals surface area contributed by atoms with Gasteiger partial charge in [0.25, 0.3) is 0 Å². The Morgan fingerprint density at radius 1 is 0.960 bits per heavy atom. The predicted molar refractivity (Wildman–Crippen MR) is 104 cm³/mol. The number of methoxy groups -OCH3 is 1. The molecule has 3 nitrogen and oxygen atoms in total. The fourth-order valence-electron chi connectivity index (χ4n) is 2.88. The van der Waals surface area contributed by atoms with E-state index in [9.17, 15) is 0 Å². The number of nitrogens with zero attached hydrogens (tertiary/aromatic N) is 1. The van der Waals surface area contributed by atoms with Crippen molar-refractivity contribution in [2.45, 2.75) is 27.2 Å². The first-order valence-corrected chi connectivity index (χ1v) is 9.19. The smallest absolute Gasteiger partial charge is 0.161 e. The van der Waals surface area contributed by atoms with Gasteiger partial charge in [-0.05, 0) is 45.0 Å². The van der Waals surface area contributed by atoms with E-state index in [1.54, 1.807) is 18.4 Å². The summed E-state index contributed by atoms with van der Waals surface area (Å²) in [6.45, 7) is 6.96.